The Hall–Kier alpha value is -1.56. The Morgan fingerprint density at radius 1 is 1.73 bits per heavy atom. The Morgan fingerprint density at radius 3 is 3.00 bits per heavy atom. The number of nitrogens with zero attached hydrogens (tertiary/aromatic N) is 1. The van der Waals surface area contributed by atoms with E-state index in [4.69, 9.17) is 10.8 Å². The molecule has 0 aliphatic carbocycles. The summed E-state index contributed by atoms with van der Waals surface area (Å²) >= 11 is 0. The van der Waals surface area contributed by atoms with E-state index in [0.717, 1.165) is 0 Å². The first kappa shape index (κ1) is 11.5. The highest BCUT2D eigenvalue weighted by atomic mass is 16.4. The van der Waals surface area contributed by atoms with Gasteiger partial charge in [-0.2, -0.15) is 0 Å². The second-order valence-corrected chi connectivity index (χ2v) is 3.41. The maximum atomic E-state index is 10.8. The average molecular weight is 213 g/mol. The lowest BCUT2D eigenvalue weighted by Gasteiger charge is -2.23. The van der Waals surface area contributed by atoms with E-state index in [-0.39, 0.29) is 5.91 Å². The van der Waals surface area contributed by atoms with E-state index in [1.807, 2.05) is 4.90 Å². The van der Waals surface area contributed by atoms with Crippen molar-refractivity contribution in [3.63, 3.8) is 0 Å². The van der Waals surface area contributed by atoms with Crippen LogP contribution in [0.15, 0.2) is 12.3 Å². The summed E-state index contributed by atoms with van der Waals surface area (Å²) in [6, 6.07) is -0.798. The molecule has 1 aliphatic heterocycles. The molecule has 0 aromatic carbocycles. The fraction of sp³-hybridized carbons (Fsp3) is 0.556. The molecule has 0 fully saturated rings. The second-order valence-electron chi connectivity index (χ2n) is 3.41. The summed E-state index contributed by atoms with van der Waals surface area (Å²) in [5.41, 5.74) is 5.35. The van der Waals surface area contributed by atoms with Gasteiger partial charge in [0.15, 0.2) is 0 Å². The van der Waals surface area contributed by atoms with Crippen LogP contribution in [0, 0.1) is 0 Å². The van der Waals surface area contributed by atoms with Gasteiger partial charge in [0.1, 0.15) is 6.04 Å². The third-order valence-electron chi connectivity index (χ3n) is 2.17. The van der Waals surface area contributed by atoms with Crippen molar-refractivity contribution in [2.75, 3.05) is 13.2 Å². The van der Waals surface area contributed by atoms with Crippen LogP contribution in [-0.2, 0) is 9.59 Å². The number of aliphatic carboxylic acids is 1. The van der Waals surface area contributed by atoms with Crippen molar-refractivity contribution in [3.8, 4) is 0 Å². The minimum absolute atomic E-state index is 0.103. The van der Waals surface area contributed by atoms with Crippen LogP contribution >= 0.6 is 0 Å². The summed E-state index contributed by atoms with van der Waals surface area (Å²) in [6.07, 6.45) is 4.27. The fourth-order valence-corrected chi connectivity index (χ4v) is 1.26. The normalized spacial score (nSPS) is 17.4. The molecule has 1 amide bonds. The van der Waals surface area contributed by atoms with Crippen molar-refractivity contribution < 1.29 is 14.7 Å². The molecule has 0 spiro atoms. The third-order valence-corrected chi connectivity index (χ3v) is 2.17. The molecule has 4 N–H and O–H groups in total. The largest absolute Gasteiger partial charge is 0.480 e. The molecule has 1 rings (SSSR count). The number of carboxylic acid groups (broad SMARTS) is 1. The van der Waals surface area contributed by atoms with Crippen LogP contribution < -0.4 is 11.1 Å². The molecule has 1 atom stereocenters. The molecule has 1 unspecified atom stereocenters. The molecule has 0 aromatic heterocycles. The van der Waals surface area contributed by atoms with Gasteiger partial charge >= 0.3 is 5.97 Å². The van der Waals surface area contributed by atoms with E-state index in [1.54, 1.807) is 6.20 Å². The maximum Gasteiger partial charge on any atom is 0.320 e. The summed E-state index contributed by atoms with van der Waals surface area (Å²) in [5.74, 6) is -1.08. The van der Waals surface area contributed by atoms with Gasteiger partial charge in [-0.25, -0.2) is 0 Å². The summed E-state index contributed by atoms with van der Waals surface area (Å²) in [4.78, 5) is 23.1. The quantitative estimate of drug-likeness (QED) is 0.549. The number of rotatable bonds is 5. The number of carbonyl (C=O) groups is 2. The minimum Gasteiger partial charge on any atom is -0.480 e. The minimum atomic E-state index is -0.975. The van der Waals surface area contributed by atoms with Gasteiger partial charge in [0, 0.05) is 18.8 Å². The Labute approximate surface area is 87.7 Å². The van der Waals surface area contributed by atoms with E-state index in [2.05, 4.69) is 5.32 Å². The molecule has 15 heavy (non-hydrogen) atoms. The molecule has 1 aliphatic rings. The highest BCUT2D eigenvalue weighted by Gasteiger charge is 2.12. The van der Waals surface area contributed by atoms with E-state index >= 15 is 0 Å². The van der Waals surface area contributed by atoms with Crippen molar-refractivity contribution in [2.24, 2.45) is 5.73 Å². The standard InChI is InChI=1S/C9H15N3O3/c10-7(9(14)15)2-1-4-12-5-3-8(13)11-6-12/h3,5,7H,1-2,4,6,10H2,(H,11,13)(H,14,15). The molecule has 0 aromatic rings. The topological polar surface area (TPSA) is 95.7 Å². The van der Waals surface area contributed by atoms with Gasteiger partial charge in [-0.15, -0.1) is 0 Å². The number of carbonyl (C=O) groups excluding carboxylic acids is 1. The number of hydrogen-bond acceptors (Lipinski definition) is 4. The smallest absolute Gasteiger partial charge is 0.320 e. The zero-order chi connectivity index (χ0) is 11.3. The van der Waals surface area contributed by atoms with Crippen molar-refractivity contribution in [1.82, 2.24) is 10.2 Å². The molecule has 6 heteroatoms. The van der Waals surface area contributed by atoms with Crippen LogP contribution in [0.4, 0.5) is 0 Å². The molecule has 0 bridgehead atoms. The number of carboxylic acids is 1. The van der Waals surface area contributed by atoms with Gasteiger partial charge in [0.25, 0.3) is 0 Å². The lowest BCUT2D eigenvalue weighted by Crippen LogP contribution is -2.39. The van der Waals surface area contributed by atoms with E-state index < -0.39 is 12.0 Å². The third kappa shape index (κ3) is 3.99. The lowest BCUT2D eigenvalue weighted by atomic mass is 10.1. The van der Waals surface area contributed by atoms with Gasteiger partial charge < -0.3 is 21.1 Å². The molecule has 1 heterocycles. The number of nitrogens with one attached hydrogen (secondary N) is 1. The highest BCUT2D eigenvalue weighted by Crippen LogP contribution is 2.00. The average Bonchev–Trinajstić information content (AvgIpc) is 2.20. The highest BCUT2D eigenvalue weighted by molar-refractivity contribution is 5.87. The Kier molecular flexibility index (Phi) is 4.11. The van der Waals surface area contributed by atoms with Gasteiger partial charge in [-0.05, 0) is 12.8 Å². The summed E-state index contributed by atoms with van der Waals surface area (Å²) < 4.78 is 0. The monoisotopic (exact) mass is 213 g/mol. The zero-order valence-electron chi connectivity index (χ0n) is 8.35. The number of amides is 1. The fourth-order valence-electron chi connectivity index (χ4n) is 1.26. The first-order chi connectivity index (χ1) is 7.09. The zero-order valence-corrected chi connectivity index (χ0v) is 8.35. The Morgan fingerprint density at radius 2 is 2.47 bits per heavy atom. The Balaban J connectivity index is 2.18. The van der Waals surface area contributed by atoms with Gasteiger partial charge in [-0.3, -0.25) is 9.59 Å². The molecular weight excluding hydrogens is 198 g/mol. The van der Waals surface area contributed by atoms with Crippen molar-refractivity contribution in [3.05, 3.63) is 12.3 Å². The molecule has 84 valence electrons. The SMILES string of the molecule is NC(CCCN1C=CC(=O)NC1)C(=O)O. The van der Waals surface area contributed by atoms with Crippen molar-refractivity contribution >= 4 is 11.9 Å². The van der Waals surface area contributed by atoms with Gasteiger partial charge in [0.05, 0.1) is 6.67 Å². The number of hydrogen-bond donors (Lipinski definition) is 3. The summed E-state index contributed by atoms with van der Waals surface area (Å²) in [5, 5.41) is 11.2. The summed E-state index contributed by atoms with van der Waals surface area (Å²) in [6.45, 7) is 1.16. The summed E-state index contributed by atoms with van der Waals surface area (Å²) in [7, 11) is 0. The van der Waals surface area contributed by atoms with Crippen molar-refractivity contribution in [2.45, 2.75) is 18.9 Å². The van der Waals surface area contributed by atoms with E-state index in [1.165, 1.54) is 6.08 Å². The van der Waals surface area contributed by atoms with Crippen LogP contribution in [-0.4, -0.2) is 41.1 Å². The van der Waals surface area contributed by atoms with Crippen LogP contribution in [0.2, 0.25) is 0 Å². The molecule has 0 saturated heterocycles. The predicted octanol–water partition coefficient (Wildman–Crippen LogP) is -0.918. The van der Waals surface area contributed by atoms with Crippen LogP contribution in [0.5, 0.6) is 0 Å². The Bertz CT molecular complexity index is 278. The van der Waals surface area contributed by atoms with Crippen LogP contribution in [0.3, 0.4) is 0 Å². The maximum absolute atomic E-state index is 10.8. The second kappa shape index (κ2) is 5.35. The van der Waals surface area contributed by atoms with Gasteiger partial charge in [-0.1, -0.05) is 0 Å². The molecule has 6 nitrogen and oxygen atoms in total. The first-order valence-electron chi connectivity index (χ1n) is 4.78. The van der Waals surface area contributed by atoms with Crippen molar-refractivity contribution in [1.29, 1.82) is 0 Å². The molecule has 0 saturated carbocycles. The van der Waals surface area contributed by atoms with Crippen LogP contribution in [0.1, 0.15) is 12.8 Å². The number of nitrogens with two attached hydrogens (primary N) is 1. The predicted molar refractivity (Wildman–Crippen MR) is 53.7 cm³/mol. The molecular formula is C9H15N3O3. The van der Waals surface area contributed by atoms with Crippen LogP contribution in [0.25, 0.3) is 0 Å². The molecule has 0 radical (unpaired) electrons. The van der Waals surface area contributed by atoms with E-state index in [9.17, 15) is 9.59 Å². The lowest BCUT2D eigenvalue weighted by molar-refractivity contribution is -0.138. The van der Waals surface area contributed by atoms with Gasteiger partial charge in [0.2, 0.25) is 5.91 Å². The van der Waals surface area contributed by atoms with E-state index in [0.29, 0.717) is 26.1 Å². The first-order valence-corrected chi connectivity index (χ1v) is 4.78.